The third-order valence-electron chi connectivity index (χ3n) is 4.07. The van der Waals surface area contributed by atoms with Gasteiger partial charge >= 0.3 is 0 Å². The second kappa shape index (κ2) is 8.17. The van der Waals surface area contributed by atoms with Crippen molar-refractivity contribution < 1.29 is 0 Å². The zero-order valence-electron chi connectivity index (χ0n) is 15.2. The van der Waals surface area contributed by atoms with Gasteiger partial charge in [0.25, 0.3) is 0 Å². The van der Waals surface area contributed by atoms with Crippen molar-refractivity contribution in [1.29, 1.82) is 0 Å². The molecule has 0 aromatic carbocycles. The number of guanidine groups is 1. The maximum absolute atomic E-state index is 4.47. The van der Waals surface area contributed by atoms with E-state index in [0.29, 0.717) is 0 Å². The average molecular weight is 308 g/mol. The van der Waals surface area contributed by atoms with Gasteiger partial charge in [-0.2, -0.15) is 5.10 Å². The zero-order chi connectivity index (χ0) is 16.8. The smallest absolute Gasteiger partial charge is 0.191 e. The van der Waals surface area contributed by atoms with Gasteiger partial charge in [-0.05, 0) is 54.3 Å². The van der Waals surface area contributed by atoms with Crippen LogP contribution >= 0.6 is 0 Å². The van der Waals surface area contributed by atoms with Gasteiger partial charge in [-0.1, -0.05) is 0 Å². The van der Waals surface area contributed by atoms with Crippen molar-refractivity contribution in [2.75, 3.05) is 34.2 Å². The van der Waals surface area contributed by atoms with Gasteiger partial charge in [0.1, 0.15) is 0 Å². The van der Waals surface area contributed by atoms with E-state index in [1.54, 1.807) is 7.05 Å². The molecule has 0 radical (unpaired) electrons. The number of likely N-dealkylation sites (N-methyl/N-ethyl adjacent to an activating group) is 1. The van der Waals surface area contributed by atoms with Crippen molar-refractivity contribution in [3.8, 4) is 0 Å². The van der Waals surface area contributed by atoms with Crippen LogP contribution in [-0.2, 0) is 6.54 Å². The number of aromatic nitrogens is 2. The molecule has 1 aromatic rings. The SMILES string of the molecule is CN=C(NCCCn1nc(C)cc1C)NCC(C)(C)N(C)C. The lowest BCUT2D eigenvalue weighted by Crippen LogP contribution is -2.50. The molecule has 0 aliphatic heterocycles. The minimum Gasteiger partial charge on any atom is -0.356 e. The van der Waals surface area contributed by atoms with Crippen molar-refractivity contribution in [1.82, 2.24) is 25.3 Å². The van der Waals surface area contributed by atoms with Gasteiger partial charge in [-0.3, -0.25) is 9.67 Å². The fourth-order valence-corrected chi connectivity index (χ4v) is 2.02. The Balaban J connectivity index is 2.31. The lowest BCUT2D eigenvalue weighted by atomic mass is 10.0. The maximum Gasteiger partial charge on any atom is 0.191 e. The third kappa shape index (κ3) is 5.67. The highest BCUT2D eigenvalue weighted by Crippen LogP contribution is 2.07. The fraction of sp³-hybridized carbons (Fsp3) is 0.750. The molecule has 6 heteroatoms. The van der Waals surface area contributed by atoms with Crippen molar-refractivity contribution in [2.45, 2.75) is 46.2 Å². The predicted molar refractivity (Wildman–Crippen MR) is 93.4 cm³/mol. The minimum atomic E-state index is 0.0846. The van der Waals surface area contributed by atoms with Crippen LogP contribution in [0.2, 0.25) is 0 Å². The summed E-state index contributed by atoms with van der Waals surface area (Å²) in [6, 6.07) is 2.11. The summed E-state index contributed by atoms with van der Waals surface area (Å²) in [5.41, 5.74) is 2.38. The minimum absolute atomic E-state index is 0.0846. The summed E-state index contributed by atoms with van der Waals surface area (Å²) in [4.78, 5) is 6.47. The summed E-state index contributed by atoms with van der Waals surface area (Å²) < 4.78 is 2.06. The second-order valence-corrected chi connectivity index (χ2v) is 6.56. The summed E-state index contributed by atoms with van der Waals surface area (Å²) in [5, 5.41) is 11.2. The highest BCUT2D eigenvalue weighted by Gasteiger charge is 2.20. The van der Waals surface area contributed by atoms with Gasteiger partial charge in [0.15, 0.2) is 5.96 Å². The summed E-state index contributed by atoms with van der Waals surface area (Å²) >= 11 is 0. The highest BCUT2D eigenvalue weighted by atomic mass is 15.3. The maximum atomic E-state index is 4.47. The van der Waals surface area contributed by atoms with Crippen LogP contribution in [0.3, 0.4) is 0 Å². The number of hydrogen-bond acceptors (Lipinski definition) is 3. The van der Waals surface area contributed by atoms with Crippen molar-refractivity contribution in [2.24, 2.45) is 4.99 Å². The first-order chi connectivity index (χ1) is 10.3. The molecule has 0 amide bonds. The Labute approximate surface area is 135 Å². The molecule has 0 fully saturated rings. The van der Waals surface area contributed by atoms with Gasteiger partial charge in [0, 0.05) is 37.9 Å². The van der Waals surface area contributed by atoms with E-state index in [4.69, 9.17) is 0 Å². The topological polar surface area (TPSA) is 57.5 Å². The quantitative estimate of drug-likeness (QED) is 0.454. The van der Waals surface area contributed by atoms with E-state index in [1.807, 2.05) is 6.92 Å². The number of hydrogen-bond donors (Lipinski definition) is 2. The lowest BCUT2D eigenvalue weighted by Gasteiger charge is -2.33. The predicted octanol–water partition coefficient (Wildman–Crippen LogP) is 1.40. The van der Waals surface area contributed by atoms with E-state index in [2.05, 4.69) is 71.2 Å². The van der Waals surface area contributed by atoms with Crippen LogP contribution < -0.4 is 10.6 Å². The Hall–Kier alpha value is -1.56. The van der Waals surface area contributed by atoms with Gasteiger partial charge in [0.05, 0.1) is 5.69 Å². The van der Waals surface area contributed by atoms with Crippen molar-refractivity contribution >= 4 is 5.96 Å². The van der Waals surface area contributed by atoms with E-state index >= 15 is 0 Å². The third-order valence-corrected chi connectivity index (χ3v) is 4.07. The van der Waals surface area contributed by atoms with Gasteiger partial charge in [-0.25, -0.2) is 0 Å². The molecule has 0 atom stereocenters. The molecule has 1 aromatic heterocycles. The molecule has 0 unspecified atom stereocenters. The van der Waals surface area contributed by atoms with E-state index in [9.17, 15) is 0 Å². The number of nitrogens with one attached hydrogen (secondary N) is 2. The Kier molecular flexibility index (Phi) is 6.87. The summed E-state index contributed by atoms with van der Waals surface area (Å²) in [5.74, 6) is 0.850. The Morgan fingerprint density at radius 1 is 1.32 bits per heavy atom. The monoisotopic (exact) mass is 308 g/mol. The number of nitrogens with zero attached hydrogens (tertiary/aromatic N) is 4. The molecule has 2 N–H and O–H groups in total. The normalized spacial score (nSPS) is 12.8. The second-order valence-electron chi connectivity index (χ2n) is 6.56. The van der Waals surface area contributed by atoms with Crippen molar-refractivity contribution in [3.63, 3.8) is 0 Å². The number of aliphatic imine (C=N–C) groups is 1. The van der Waals surface area contributed by atoms with Crippen molar-refractivity contribution in [3.05, 3.63) is 17.5 Å². The highest BCUT2D eigenvalue weighted by molar-refractivity contribution is 5.79. The molecule has 0 aliphatic carbocycles. The van der Waals surface area contributed by atoms with Gasteiger partial charge in [-0.15, -0.1) is 0 Å². The van der Waals surface area contributed by atoms with Gasteiger partial charge in [0.2, 0.25) is 0 Å². The molecule has 6 nitrogen and oxygen atoms in total. The van der Waals surface area contributed by atoms with Crippen LogP contribution in [0.5, 0.6) is 0 Å². The summed E-state index contributed by atoms with van der Waals surface area (Å²) in [6.45, 7) is 11.2. The number of aryl methyl sites for hydroxylation is 3. The molecular formula is C16H32N6. The van der Waals surface area contributed by atoms with E-state index in [-0.39, 0.29) is 5.54 Å². The molecule has 0 aliphatic rings. The van der Waals surface area contributed by atoms with Crippen LogP contribution in [0, 0.1) is 13.8 Å². The molecule has 0 spiro atoms. The van der Waals surface area contributed by atoms with E-state index in [0.717, 1.165) is 37.7 Å². The summed E-state index contributed by atoms with van der Waals surface area (Å²) in [6.07, 6.45) is 1.01. The average Bonchev–Trinajstić information content (AvgIpc) is 2.76. The van der Waals surface area contributed by atoms with Gasteiger partial charge < -0.3 is 15.5 Å². The Morgan fingerprint density at radius 2 is 2.00 bits per heavy atom. The Bertz CT molecular complexity index is 487. The van der Waals surface area contributed by atoms with Crippen LogP contribution in [0.4, 0.5) is 0 Å². The standard InChI is InChI=1S/C16H32N6/c1-13-11-14(2)22(20-13)10-8-9-18-15(17-5)19-12-16(3,4)21(6)7/h11H,8-10,12H2,1-7H3,(H2,17,18,19). The summed E-state index contributed by atoms with van der Waals surface area (Å²) in [7, 11) is 5.98. The zero-order valence-corrected chi connectivity index (χ0v) is 15.2. The molecular weight excluding hydrogens is 276 g/mol. The molecule has 0 bridgehead atoms. The molecule has 0 saturated heterocycles. The molecule has 1 heterocycles. The molecule has 1 rings (SSSR count). The first kappa shape index (κ1) is 18.5. The van der Waals surface area contributed by atoms with E-state index in [1.165, 1.54) is 5.69 Å². The van der Waals surface area contributed by atoms with Crippen LogP contribution in [0.15, 0.2) is 11.1 Å². The molecule has 126 valence electrons. The molecule has 0 saturated carbocycles. The van der Waals surface area contributed by atoms with Crippen LogP contribution in [0.25, 0.3) is 0 Å². The largest absolute Gasteiger partial charge is 0.356 e. The van der Waals surface area contributed by atoms with Crippen LogP contribution in [-0.4, -0.2) is 60.4 Å². The Morgan fingerprint density at radius 3 is 2.50 bits per heavy atom. The number of rotatable bonds is 7. The fourth-order valence-electron chi connectivity index (χ4n) is 2.02. The lowest BCUT2D eigenvalue weighted by molar-refractivity contribution is 0.197. The van der Waals surface area contributed by atoms with E-state index < -0.39 is 0 Å². The molecule has 22 heavy (non-hydrogen) atoms. The first-order valence-electron chi connectivity index (χ1n) is 7.89. The van der Waals surface area contributed by atoms with Crippen LogP contribution in [0.1, 0.15) is 31.7 Å². The first-order valence-corrected chi connectivity index (χ1v) is 7.89.